The Balaban J connectivity index is 1.92. The van der Waals surface area contributed by atoms with Crippen molar-refractivity contribution < 1.29 is 9.84 Å². The van der Waals surface area contributed by atoms with Gasteiger partial charge in [-0.3, -0.25) is 0 Å². The summed E-state index contributed by atoms with van der Waals surface area (Å²) in [5, 5.41) is 19.0. The SMILES string of the molecule is Cc1c(OC2CCN(C[C@H](O)CN)CC2)ccc(C#N)c1Cl. The largest absolute Gasteiger partial charge is 0.490 e. The third-order valence-corrected chi connectivity index (χ3v) is 4.51. The molecule has 22 heavy (non-hydrogen) atoms. The average Bonchev–Trinajstić information content (AvgIpc) is 2.53. The molecule has 0 aromatic heterocycles. The van der Waals surface area contributed by atoms with Gasteiger partial charge in [-0.25, -0.2) is 0 Å². The average molecular weight is 324 g/mol. The van der Waals surface area contributed by atoms with E-state index in [-0.39, 0.29) is 6.10 Å². The van der Waals surface area contributed by atoms with Gasteiger partial charge in [0.1, 0.15) is 17.9 Å². The highest BCUT2D eigenvalue weighted by Crippen LogP contribution is 2.30. The van der Waals surface area contributed by atoms with Gasteiger partial charge in [0, 0.05) is 31.7 Å². The highest BCUT2D eigenvalue weighted by molar-refractivity contribution is 6.32. The van der Waals surface area contributed by atoms with Crippen LogP contribution >= 0.6 is 11.6 Å². The summed E-state index contributed by atoms with van der Waals surface area (Å²) in [6.45, 7) is 4.53. The number of β-amino-alcohol motifs (C(OH)–C–C–N with tert-alkyl or cyclic N) is 1. The van der Waals surface area contributed by atoms with E-state index < -0.39 is 6.10 Å². The van der Waals surface area contributed by atoms with Crippen LogP contribution in [-0.2, 0) is 0 Å². The van der Waals surface area contributed by atoms with Crippen LogP contribution in [0.2, 0.25) is 5.02 Å². The molecule has 0 unspecified atom stereocenters. The van der Waals surface area contributed by atoms with E-state index in [1.165, 1.54) is 0 Å². The summed E-state index contributed by atoms with van der Waals surface area (Å²) >= 11 is 6.16. The van der Waals surface area contributed by atoms with E-state index in [1.54, 1.807) is 6.07 Å². The molecule has 120 valence electrons. The topological polar surface area (TPSA) is 82.5 Å². The lowest BCUT2D eigenvalue weighted by atomic mass is 10.1. The Hall–Kier alpha value is -1.32. The number of nitrogens with two attached hydrogens (primary N) is 1. The number of aliphatic hydroxyl groups is 1. The van der Waals surface area contributed by atoms with Crippen molar-refractivity contribution in [3.05, 3.63) is 28.3 Å². The standard InChI is InChI=1S/C16H22ClN3O2/c1-11-15(3-2-12(8-18)16(11)17)22-14-4-6-20(7-5-14)10-13(21)9-19/h2-3,13-14,21H,4-7,9-10,19H2,1H3/t13-/m1/s1. The zero-order valence-corrected chi connectivity index (χ0v) is 13.5. The molecule has 0 amide bonds. The van der Waals surface area contributed by atoms with Crippen molar-refractivity contribution in [1.29, 1.82) is 5.26 Å². The van der Waals surface area contributed by atoms with Crippen LogP contribution in [0.25, 0.3) is 0 Å². The molecule has 3 N–H and O–H groups in total. The van der Waals surface area contributed by atoms with Crippen LogP contribution in [0.4, 0.5) is 0 Å². The van der Waals surface area contributed by atoms with E-state index in [0.717, 1.165) is 37.2 Å². The van der Waals surface area contributed by atoms with Gasteiger partial charge in [0.05, 0.1) is 16.7 Å². The van der Waals surface area contributed by atoms with E-state index in [1.807, 2.05) is 13.0 Å². The summed E-state index contributed by atoms with van der Waals surface area (Å²) in [7, 11) is 0. The third-order valence-electron chi connectivity index (χ3n) is 4.03. The van der Waals surface area contributed by atoms with Gasteiger partial charge in [-0.05, 0) is 31.9 Å². The predicted molar refractivity (Wildman–Crippen MR) is 86.1 cm³/mol. The van der Waals surface area contributed by atoms with Gasteiger partial charge in [0.25, 0.3) is 0 Å². The monoisotopic (exact) mass is 323 g/mol. The smallest absolute Gasteiger partial charge is 0.124 e. The minimum absolute atomic E-state index is 0.133. The Morgan fingerprint density at radius 3 is 2.77 bits per heavy atom. The number of hydrogen-bond donors (Lipinski definition) is 2. The minimum atomic E-state index is -0.461. The second-order valence-corrected chi connectivity index (χ2v) is 6.05. The van der Waals surface area contributed by atoms with Gasteiger partial charge in [-0.2, -0.15) is 5.26 Å². The molecular formula is C16H22ClN3O2. The van der Waals surface area contributed by atoms with E-state index in [9.17, 15) is 5.11 Å². The van der Waals surface area contributed by atoms with Crippen molar-refractivity contribution in [1.82, 2.24) is 4.90 Å². The number of piperidine rings is 1. The first-order chi connectivity index (χ1) is 10.5. The summed E-state index contributed by atoms with van der Waals surface area (Å²) in [5.74, 6) is 0.740. The molecule has 0 aliphatic carbocycles. The van der Waals surface area contributed by atoms with E-state index >= 15 is 0 Å². The molecule has 6 heteroatoms. The molecule has 1 aromatic carbocycles. The van der Waals surface area contributed by atoms with E-state index in [4.69, 9.17) is 27.3 Å². The van der Waals surface area contributed by atoms with Gasteiger partial charge in [0.2, 0.25) is 0 Å². The Labute approximate surface area is 136 Å². The lowest BCUT2D eigenvalue weighted by molar-refractivity contribution is 0.0639. The minimum Gasteiger partial charge on any atom is -0.490 e. The van der Waals surface area contributed by atoms with Crippen molar-refractivity contribution in [3.63, 3.8) is 0 Å². The third kappa shape index (κ3) is 4.11. The fourth-order valence-corrected chi connectivity index (χ4v) is 2.84. The van der Waals surface area contributed by atoms with Crippen molar-refractivity contribution in [2.24, 2.45) is 5.73 Å². The summed E-state index contributed by atoms with van der Waals surface area (Å²) in [4.78, 5) is 2.20. The van der Waals surface area contributed by atoms with E-state index in [2.05, 4.69) is 11.0 Å². The first-order valence-electron chi connectivity index (χ1n) is 7.51. The van der Waals surface area contributed by atoms with Gasteiger partial charge in [-0.15, -0.1) is 0 Å². The molecule has 1 aliphatic rings. The highest BCUT2D eigenvalue weighted by Gasteiger charge is 2.22. The van der Waals surface area contributed by atoms with Gasteiger partial charge < -0.3 is 20.5 Å². The summed E-state index contributed by atoms with van der Waals surface area (Å²) < 4.78 is 6.04. The van der Waals surface area contributed by atoms with Crippen molar-refractivity contribution in [2.45, 2.75) is 32.0 Å². The molecule has 0 saturated carbocycles. The number of hydrogen-bond acceptors (Lipinski definition) is 5. The Morgan fingerprint density at radius 2 is 2.18 bits per heavy atom. The maximum absolute atomic E-state index is 9.59. The van der Waals surface area contributed by atoms with Gasteiger partial charge in [-0.1, -0.05) is 11.6 Å². The lowest BCUT2D eigenvalue weighted by Gasteiger charge is -2.33. The van der Waals surface area contributed by atoms with Crippen LogP contribution in [0, 0.1) is 18.3 Å². The summed E-state index contributed by atoms with van der Waals surface area (Å²) in [6.07, 6.45) is 1.47. The zero-order chi connectivity index (χ0) is 16.1. The molecule has 1 atom stereocenters. The van der Waals surface area contributed by atoms with Crippen LogP contribution in [0.3, 0.4) is 0 Å². The second-order valence-electron chi connectivity index (χ2n) is 5.67. The molecule has 1 aromatic rings. The molecule has 2 rings (SSSR count). The number of nitriles is 1. The van der Waals surface area contributed by atoms with Crippen LogP contribution in [0.1, 0.15) is 24.0 Å². The fourth-order valence-electron chi connectivity index (χ4n) is 2.64. The van der Waals surface area contributed by atoms with Crippen LogP contribution in [0.5, 0.6) is 5.75 Å². The van der Waals surface area contributed by atoms with Crippen LogP contribution in [-0.4, -0.2) is 48.4 Å². The summed E-state index contributed by atoms with van der Waals surface area (Å²) in [6, 6.07) is 5.57. The maximum Gasteiger partial charge on any atom is 0.124 e. The van der Waals surface area contributed by atoms with Crippen LogP contribution < -0.4 is 10.5 Å². The Kier molecular flexibility index (Phi) is 6.04. The molecule has 1 aliphatic heterocycles. The normalized spacial score (nSPS) is 18.0. The molecule has 5 nitrogen and oxygen atoms in total. The molecule has 0 spiro atoms. The predicted octanol–water partition coefficient (Wildman–Crippen LogP) is 1.68. The number of halogens is 1. The highest BCUT2D eigenvalue weighted by atomic mass is 35.5. The number of nitrogens with zero attached hydrogens (tertiary/aromatic N) is 2. The Morgan fingerprint density at radius 1 is 1.50 bits per heavy atom. The number of ether oxygens (including phenoxy) is 1. The van der Waals surface area contributed by atoms with Crippen LogP contribution in [0.15, 0.2) is 12.1 Å². The molecular weight excluding hydrogens is 302 g/mol. The summed E-state index contributed by atoms with van der Waals surface area (Å²) in [5.41, 5.74) is 6.71. The number of rotatable bonds is 5. The fraction of sp³-hybridized carbons (Fsp3) is 0.562. The molecule has 0 radical (unpaired) electrons. The second kappa shape index (κ2) is 7.80. The molecule has 0 bridgehead atoms. The molecule has 1 fully saturated rings. The van der Waals surface area contributed by atoms with Gasteiger partial charge >= 0.3 is 0 Å². The Bertz CT molecular complexity index is 551. The van der Waals surface area contributed by atoms with E-state index in [0.29, 0.717) is 23.7 Å². The number of likely N-dealkylation sites (tertiary alicyclic amines) is 1. The van der Waals surface area contributed by atoms with Crippen molar-refractivity contribution >= 4 is 11.6 Å². The van der Waals surface area contributed by atoms with Crippen molar-refractivity contribution in [3.8, 4) is 11.8 Å². The lowest BCUT2D eigenvalue weighted by Crippen LogP contribution is -2.43. The molecule has 1 heterocycles. The molecule has 1 saturated heterocycles. The zero-order valence-electron chi connectivity index (χ0n) is 12.8. The van der Waals surface area contributed by atoms with Gasteiger partial charge in [0.15, 0.2) is 0 Å². The maximum atomic E-state index is 9.59. The van der Waals surface area contributed by atoms with Crippen molar-refractivity contribution in [2.75, 3.05) is 26.2 Å². The number of benzene rings is 1. The first kappa shape index (κ1) is 17.0. The quantitative estimate of drug-likeness (QED) is 0.861. The number of aliphatic hydroxyl groups excluding tert-OH is 1. The first-order valence-corrected chi connectivity index (χ1v) is 7.89.